The minimum Gasteiger partial charge on any atom is -0.464 e. The van der Waals surface area contributed by atoms with Gasteiger partial charge in [-0.1, -0.05) is 0 Å². The zero-order valence-electron chi connectivity index (χ0n) is 6.97. The molecule has 0 saturated heterocycles. The summed E-state index contributed by atoms with van der Waals surface area (Å²) >= 11 is 0. The van der Waals surface area contributed by atoms with Crippen molar-refractivity contribution < 1.29 is 9.53 Å². The molecule has 0 aliphatic carbocycles. The van der Waals surface area contributed by atoms with E-state index in [1.54, 1.807) is 29.2 Å². The lowest BCUT2D eigenvalue weighted by Gasteiger charge is -1.89. The van der Waals surface area contributed by atoms with Crippen LogP contribution in [0.15, 0.2) is 24.8 Å². The number of esters is 1. The van der Waals surface area contributed by atoms with Gasteiger partial charge in [-0.2, -0.15) is 0 Å². The van der Waals surface area contributed by atoms with Gasteiger partial charge < -0.3 is 9.14 Å². The topological polar surface area (TPSA) is 56.5 Å². The molecule has 0 bridgehead atoms. The number of imidazole rings is 1. The van der Waals surface area contributed by atoms with Crippen molar-refractivity contribution in [1.29, 1.82) is 0 Å². The van der Waals surface area contributed by atoms with Crippen LogP contribution in [0.5, 0.6) is 0 Å². The summed E-state index contributed by atoms with van der Waals surface area (Å²) in [5.74, 6) is -0.441. The van der Waals surface area contributed by atoms with Crippen molar-refractivity contribution in [3.05, 3.63) is 30.5 Å². The third-order valence-corrected chi connectivity index (χ3v) is 1.66. The van der Waals surface area contributed by atoms with Crippen LogP contribution in [0.2, 0.25) is 0 Å². The highest BCUT2D eigenvalue weighted by Gasteiger charge is 2.09. The molecule has 0 N–H and O–H groups in total. The van der Waals surface area contributed by atoms with Crippen molar-refractivity contribution in [2.24, 2.45) is 0 Å². The summed E-state index contributed by atoms with van der Waals surface area (Å²) in [5, 5.41) is 0. The number of nitrogens with zero attached hydrogens (tertiary/aromatic N) is 3. The minimum absolute atomic E-state index is 0.288. The molecule has 0 radical (unpaired) electrons. The van der Waals surface area contributed by atoms with E-state index in [9.17, 15) is 4.79 Å². The first kappa shape index (κ1) is 7.72. The SMILES string of the molecule is COC(=O)c1cn2ccncc2n1. The number of carbonyl (C=O) groups is 1. The van der Waals surface area contributed by atoms with Crippen molar-refractivity contribution in [2.45, 2.75) is 0 Å². The molecule has 5 nitrogen and oxygen atoms in total. The van der Waals surface area contributed by atoms with Crippen molar-refractivity contribution in [2.75, 3.05) is 7.11 Å². The molecule has 13 heavy (non-hydrogen) atoms. The van der Waals surface area contributed by atoms with Crippen LogP contribution in [-0.2, 0) is 4.74 Å². The zero-order valence-corrected chi connectivity index (χ0v) is 6.97. The van der Waals surface area contributed by atoms with Gasteiger partial charge in [0.1, 0.15) is 0 Å². The number of methoxy groups -OCH3 is 1. The second kappa shape index (κ2) is 2.85. The lowest BCUT2D eigenvalue weighted by molar-refractivity contribution is 0.0595. The molecule has 2 heterocycles. The summed E-state index contributed by atoms with van der Waals surface area (Å²) in [6, 6.07) is 0. The van der Waals surface area contributed by atoms with Crippen LogP contribution in [0, 0.1) is 0 Å². The molecule has 0 unspecified atom stereocenters. The van der Waals surface area contributed by atoms with Crippen LogP contribution in [-0.4, -0.2) is 27.4 Å². The highest BCUT2D eigenvalue weighted by Crippen LogP contribution is 2.03. The van der Waals surface area contributed by atoms with Crippen LogP contribution in [0.1, 0.15) is 10.5 Å². The first-order valence-electron chi connectivity index (χ1n) is 3.68. The Kier molecular flexibility index (Phi) is 1.70. The molecule has 2 rings (SSSR count). The molecule has 66 valence electrons. The maximum atomic E-state index is 11.1. The van der Waals surface area contributed by atoms with E-state index in [2.05, 4.69) is 14.7 Å². The Morgan fingerprint density at radius 2 is 2.46 bits per heavy atom. The van der Waals surface area contributed by atoms with E-state index < -0.39 is 5.97 Å². The van der Waals surface area contributed by atoms with E-state index in [1.165, 1.54) is 7.11 Å². The molecule has 0 aromatic carbocycles. The van der Waals surface area contributed by atoms with Crippen molar-refractivity contribution in [1.82, 2.24) is 14.4 Å². The summed E-state index contributed by atoms with van der Waals surface area (Å²) in [4.78, 5) is 18.9. The fourth-order valence-electron chi connectivity index (χ4n) is 1.05. The number of hydrogen-bond acceptors (Lipinski definition) is 4. The maximum Gasteiger partial charge on any atom is 0.358 e. The van der Waals surface area contributed by atoms with Gasteiger partial charge in [-0.05, 0) is 0 Å². The van der Waals surface area contributed by atoms with E-state index in [0.29, 0.717) is 5.65 Å². The summed E-state index contributed by atoms with van der Waals surface area (Å²) in [6.07, 6.45) is 6.51. The summed E-state index contributed by atoms with van der Waals surface area (Å²) < 4.78 is 6.24. The van der Waals surface area contributed by atoms with E-state index in [0.717, 1.165) is 0 Å². The number of ether oxygens (including phenoxy) is 1. The zero-order chi connectivity index (χ0) is 9.26. The van der Waals surface area contributed by atoms with Crippen LogP contribution < -0.4 is 0 Å². The van der Waals surface area contributed by atoms with Gasteiger partial charge in [0.25, 0.3) is 0 Å². The predicted molar refractivity (Wildman–Crippen MR) is 44.3 cm³/mol. The van der Waals surface area contributed by atoms with Gasteiger partial charge in [-0.3, -0.25) is 4.98 Å². The fraction of sp³-hybridized carbons (Fsp3) is 0.125. The Bertz CT molecular complexity index is 416. The van der Waals surface area contributed by atoms with Gasteiger partial charge in [0, 0.05) is 18.6 Å². The smallest absolute Gasteiger partial charge is 0.358 e. The molecule has 0 saturated carbocycles. The Hall–Kier alpha value is -1.91. The maximum absolute atomic E-state index is 11.1. The molecule has 0 amide bonds. The highest BCUT2D eigenvalue weighted by molar-refractivity contribution is 5.87. The summed E-state index contributed by atoms with van der Waals surface area (Å²) in [6.45, 7) is 0. The lowest BCUT2D eigenvalue weighted by atomic mass is 10.5. The van der Waals surface area contributed by atoms with Crippen molar-refractivity contribution in [3.63, 3.8) is 0 Å². The number of rotatable bonds is 1. The second-order valence-electron chi connectivity index (χ2n) is 2.46. The van der Waals surface area contributed by atoms with Crippen LogP contribution in [0.25, 0.3) is 5.65 Å². The minimum atomic E-state index is -0.441. The Balaban J connectivity index is 2.56. The standard InChI is InChI=1S/C8H7N3O2/c1-13-8(12)6-5-11-3-2-9-4-7(11)10-6/h2-5H,1H3. The molecule has 0 aliphatic rings. The van der Waals surface area contributed by atoms with E-state index in [-0.39, 0.29) is 5.69 Å². The van der Waals surface area contributed by atoms with Crippen molar-refractivity contribution >= 4 is 11.6 Å². The highest BCUT2D eigenvalue weighted by atomic mass is 16.5. The molecule has 0 spiro atoms. The molecule has 0 aliphatic heterocycles. The van der Waals surface area contributed by atoms with E-state index >= 15 is 0 Å². The first-order chi connectivity index (χ1) is 6.31. The van der Waals surface area contributed by atoms with Crippen molar-refractivity contribution in [3.8, 4) is 0 Å². The van der Waals surface area contributed by atoms with Gasteiger partial charge in [0.2, 0.25) is 0 Å². The van der Waals surface area contributed by atoms with Gasteiger partial charge in [-0.25, -0.2) is 9.78 Å². The van der Waals surface area contributed by atoms with Crippen LogP contribution in [0.4, 0.5) is 0 Å². The Labute approximate surface area is 74.0 Å². The Morgan fingerprint density at radius 1 is 1.62 bits per heavy atom. The predicted octanol–water partition coefficient (Wildman–Crippen LogP) is 0.516. The molecular weight excluding hydrogens is 170 g/mol. The Morgan fingerprint density at radius 3 is 3.15 bits per heavy atom. The number of aromatic nitrogens is 3. The molecule has 0 atom stereocenters. The fourth-order valence-corrected chi connectivity index (χ4v) is 1.05. The molecule has 5 heteroatoms. The van der Waals surface area contributed by atoms with Crippen LogP contribution >= 0.6 is 0 Å². The molecule has 0 fully saturated rings. The van der Waals surface area contributed by atoms with Gasteiger partial charge in [-0.15, -0.1) is 0 Å². The number of hydrogen-bond donors (Lipinski definition) is 0. The number of fused-ring (bicyclic) bond motifs is 1. The normalized spacial score (nSPS) is 10.2. The van der Waals surface area contributed by atoms with Gasteiger partial charge >= 0.3 is 5.97 Å². The van der Waals surface area contributed by atoms with Gasteiger partial charge in [0.05, 0.1) is 13.3 Å². The molecule has 2 aromatic heterocycles. The average molecular weight is 177 g/mol. The monoisotopic (exact) mass is 177 g/mol. The van der Waals surface area contributed by atoms with Gasteiger partial charge in [0.15, 0.2) is 11.3 Å². The quantitative estimate of drug-likeness (QED) is 0.596. The molecular formula is C8H7N3O2. The summed E-state index contributed by atoms with van der Waals surface area (Å²) in [5.41, 5.74) is 0.915. The largest absolute Gasteiger partial charge is 0.464 e. The van der Waals surface area contributed by atoms with E-state index in [1.807, 2.05) is 0 Å². The average Bonchev–Trinajstić information content (AvgIpc) is 2.59. The summed E-state index contributed by atoms with van der Waals surface area (Å²) in [7, 11) is 1.32. The second-order valence-corrected chi connectivity index (χ2v) is 2.46. The third-order valence-electron chi connectivity index (χ3n) is 1.66. The third kappa shape index (κ3) is 1.24. The number of carbonyl (C=O) groups excluding carboxylic acids is 1. The van der Waals surface area contributed by atoms with E-state index in [4.69, 9.17) is 0 Å². The lowest BCUT2D eigenvalue weighted by Crippen LogP contribution is -2.00. The first-order valence-corrected chi connectivity index (χ1v) is 3.68. The molecule has 2 aromatic rings. The van der Waals surface area contributed by atoms with Crippen LogP contribution in [0.3, 0.4) is 0 Å².